The first-order valence-electron chi connectivity index (χ1n) is 8.35. The number of amides is 1. The number of benzene rings is 1. The lowest BCUT2D eigenvalue weighted by Crippen LogP contribution is -2.30. The number of thiophene rings is 1. The van der Waals surface area contributed by atoms with Crippen LogP contribution < -0.4 is 14.8 Å². The molecule has 26 heavy (non-hydrogen) atoms. The molecule has 0 aliphatic carbocycles. The second-order valence-corrected chi connectivity index (χ2v) is 6.57. The molecule has 1 atom stereocenters. The van der Waals surface area contributed by atoms with Crippen molar-refractivity contribution in [3.63, 3.8) is 0 Å². The van der Waals surface area contributed by atoms with Gasteiger partial charge in [0, 0.05) is 4.88 Å². The van der Waals surface area contributed by atoms with Gasteiger partial charge >= 0.3 is 5.97 Å². The summed E-state index contributed by atoms with van der Waals surface area (Å²) in [6, 6.07) is 8.52. The summed E-state index contributed by atoms with van der Waals surface area (Å²) in [5, 5.41) is 4.74. The van der Waals surface area contributed by atoms with E-state index in [-0.39, 0.29) is 18.6 Å². The van der Waals surface area contributed by atoms with E-state index in [1.165, 1.54) is 7.11 Å². The first-order valence-corrected chi connectivity index (χ1v) is 9.23. The van der Waals surface area contributed by atoms with E-state index in [2.05, 4.69) is 5.32 Å². The SMILES string of the molecule is CCCOc1ccc(C(=O)OCC(=O)N[C@H](C)c2cccs2)cc1OC. The van der Waals surface area contributed by atoms with Crippen LogP contribution in [-0.4, -0.2) is 32.2 Å². The van der Waals surface area contributed by atoms with Gasteiger partial charge in [0.05, 0.1) is 25.3 Å². The van der Waals surface area contributed by atoms with E-state index < -0.39 is 5.97 Å². The quantitative estimate of drug-likeness (QED) is 0.676. The zero-order valence-electron chi connectivity index (χ0n) is 15.1. The molecule has 2 aromatic rings. The van der Waals surface area contributed by atoms with Gasteiger partial charge in [-0.15, -0.1) is 11.3 Å². The molecule has 1 aromatic heterocycles. The van der Waals surface area contributed by atoms with Crippen molar-refractivity contribution < 1.29 is 23.8 Å². The summed E-state index contributed by atoms with van der Waals surface area (Å²) in [5.41, 5.74) is 0.296. The smallest absolute Gasteiger partial charge is 0.338 e. The van der Waals surface area contributed by atoms with Gasteiger partial charge in [-0.3, -0.25) is 4.79 Å². The van der Waals surface area contributed by atoms with E-state index in [1.54, 1.807) is 29.5 Å². The van der Waals surface area contributed by atoms with Gasteiger partial charge in [0.25, 0.3) is 5.91 Å². The van der Waals surface area contributed by atoms with E-state index in [9.17, 15) is 9.59 Å². The van der Waals surface area contributed by atoms with E-state index in [0.717, 1.165) is 11.3 Å². The standard InChI is InChI=1S/C19H23NO5S/c1-4-9-24-15-8-7-14(11-16(15)23-3)19(22)25-12-18(21)20-13(2)17-6-5-10-26-17/h5-8,10-11,13H,4,9,12H2,1-3H3,(H,20,21)/t13-/m1/s1. The van der Waals surface area contributed by atoms with Gasteiger partial charge in [-0.2, -0.15) is 0 Å². The number of methoxy groups -OCH3 is 1. The average molecular weight is 377 g/mol. The Labute approximate surface area is 157 Å². The van der Waals surface area contributed by atoms with E-state index in [0.29, 0.717) is 23.7 Å². The van der Waals surface area contributed by atoms with E-state index in [4.69, 9.17) is 14.2 Å². The Hall–Kier alpha value is -2.54. The fraction of sp³-hybridized carbons (Fsp3) is 0.368. The Bertz CT molecular complexity index is 730. The van der Waals surface area contributed by atoms with Crippen molar-refractivity contribution in [2.75, 3.05) is 20.3 Å². The third-order valence-electron chi connectivity index (χ3n) is 3.54. The highest BCUT2D eigenvalue weighted by Crippen LogP contribution is 2.28. The molecule has 140 valence electrons. The van der Waals surface area contributed by atoms with Gasteiger partial charge in [0.15, 0.2) is 18.1 Å². The molecule has 2 rings (SSSR count). The number of nitrogens with one attached hydrogen (secondary N) is 1. The Balaban J connectivity index is 1.89. The number of hydrogen-bond donors (Lipinski definition) is 1. The summed E-state index contributed by atoms with van der Waals surface area (Å²) in [6.45, 7) is 4.10. The molecule has 6 nitrogen and oxygen atoms in total. The summed E-state index contributed by atoms with van der Waals surface area (Å²) in [6.07, 6.45) is 0.867. The van der Waals surface area contributed by atoms with Crippen LogP contribution in [0.25, 0.3) is 0 Å². The maximum Gasteiger partial charge on any atom is 0.338 e. The van der Waals surface area contributed by atoms with Crippen LogP contribution in [0.1, 0.15) is 41.5 Å². The zero-order valence-corrected chi connectivity index (χ0v) is 15.9. The van der Waals surface area contributed by atoms with Gasteiger partial charge in [-0.25, -0.2) is 4.79 Å². The van der Waals surface area contributed by atoms with Crippen LogP contribution in [0.3, 0.4) is 0 Å². The molecule has 1 aromatic carbocycles. The molecule has 0 fully saturated rings. The van der Waals surface area contributed by atoms with Crippen molar-refractivity contribution in [3.05, 3.63) is 46.2 Å². The number of rotatable bonds is 9. The van der Waals surface area contributed by atoms with Crippen LogP contribution in [0.4, 0.5) is 0 Å². The molecule has 0 unspecified atom stereocenters. The van der Waals surface area contributed by atoms with Gasteiger partial charge in [0.2, 0.25) is 0 Å². The lowest BCUT2D eigenvalue weighted by molar-refractivity contribution is -0.124. The predicted molar refractivity (Wildman–Crippen MR) is 99.9 cm³/mol. The molecule has 1 N–H and O–H groups in total. The Morgan fingerprint density at radius 1 is 1.23 bits per heavy atom. The fourth-order valence-electron chi connectivity index (χ4n) is 2.23. The van der Waals surface area contributed by atoms with Crippen LogP contribution in [0.15, 0.2) is 35.7 Å². The van der Waals surface area contributed by atoms with Gasteiger partial charge < -0.3 is 19.5 Å². The number of esters is 1. The summed E-state index contributed by atoms with van der Waals surface area (Å²) in [7, 11) is 1.50. The molecule has 0 bridgehead atoms. The molecule has 7 heteroatoms. The summed E-state index contributed by atoms with van der Waals surface area (Å²) in [5.74, 6) is 0.0652. The first-order chi connectivity index (χ1) is 12.5. The minimum absolute atomic E-state index is 0.128. The summed E-state index contributed by atoms with van der Waals surface area (Å²) in [4.78, 5) is 25.2. The van der Waals surface area contributed by atoms with Crippen molar-refractivity contribution in [1.82, 2.24) is 5.32 Å². The first kappa shape index (κ1) is 19.8. The Kier molecular flexibility index (Phi) is 7.47. The van der Waals surface area contributed by atoms with E-state index >= 15 is 0 Å². The number of ether oxygens (including phenoxy) is 3. The monoisotopic (exact) mass is 377 g/mol. The molecule has 0 spiro atoms. The minimum Gasteiger partial charge on any atom is -0.493 e. The molecule has 1 amide bonds. The van der Waals surface area contributed by atoms with Crippen molar-refractivity contribution in [1.29, 1.82) is 0 Å². The Morgan fingerprint density at radius 3 is 2.69 bits per heavy atom. The van der Waals surface area contributed by atoms with Crippen molar-refractivity contribution in [2.24, 2.45) is 0 Å². The topological polar surface area (TPSA) is 73.9 Å². The summed E-state index contributed by atoms with van der Waals surface area (Å²) >= 11 is 1.56. The Morgan fingerprint density at radius 2 is 2.04 bits per heavy atom. The van der Waals surface area contributed by atoms with Crippen molar-refractivity contribution in [3.8, 4) is 11.5 Å². The largest absolute Gasteiger partial charge is 0.493 e. The zero-order chi connectivity index (χ0) is 18.9. The molecular weight excluding hydrogens is 354 g/mol. The number of hydrogen-bond acceptors (Lipinski definition) is 6. The minimum atomic E-state index is -0.593. The predicted octanol–water partition coefficient (Wildman–Crippen LogP) is 3.58. The van der Waals surface area contributed by atoms with Gasteiger partial charge in [-0.1, -0.05) is 13.0 Å². The van der Waals surface area contributed by atoms with Crippen LogP contribution in [0.2, 0.25) is 0 Å². The summed E-state index contributed by atoms with van der Waals surface area (Å²) < 4.78 is 15.9. The molecule has 0 saturated carbocycles. The highest BCUT2D eigenvalue weighted by atomic mass is 32.1. The molecule has 1 heterocycles. The maximum absolute atomic E-state index is 12.2. The lowest BCUT2D eigenvalue weighted by atomic mass is 10.2. The van der Waals surface area contributed by atoms with Crippen LogP contribution in [0, 0.1) is 0 Å². The van der Waals surface area contributed by atoms with Crippen molar-refractivity contribution in [2.45, 2.75) is 26.3 Å². The average Bonchev–Trinajstić information content (AvgIpc) is 3.19. The highest BCUT2D eigenvalue weighted by molar-refractivity contribution is 7.10. The van der Waals surface area contributed by atoms with E-state index in [1.807, 2.05) is 31.4 Å². The van der Waals surface area contributed by atoms with Crippen LogP contribution in [-0.2, 0) is 9.53 Å². The normalized spacial score (nSPS) is 11.5. The molecule has 0 aliphatic heterocycles. The number of carbonyl (C=O) groups excluding carboxylic acids is 2. The van der Waals surface area contributed by atoms with Gasteiger partial charge in [-0.05, 0) is 43.0 Å². The lowest BCUT2D eigenvalue weighted by Gasteiger charge is -2.13. The fourth-order valence-corrected chi connectivity index (χ4v) is 2.97. The molecular formula is C19H23NO5S. The number of carbonyl (C=O) groups is 2. The van der Waals surface area contributed by atoms with Crippen LogP contribution >= 0.6 is 11.3 Å². The molecule has 0 radical (unpaired) electrons. The second-order valence-electron chi connectivity index (χ2n) is 5.59. The highest BCUT2D eigenvalue weighted by Gasteiger charge is 2.15. The van der Waals surface area contributed by atoms with Gasteiger partial charge in [0.1, 0.15) is 0 Å². The van der Waals surface area contributed by atoms with Crippen LogP contribution in [0.5, 0.6) is 11.5 Å². The third kappa shape index (κ3) is 5.49. The maximum atomic E-state index is 12.2. The second kappa shape index (κ2) is 9.82. The van der Waals surface area contributed by atoms with Crippen molar-refractivity contribution >= 4 is 23.2 Å². The molecule has 0 saturated heterocycles. The molecule has 0 aliphatic rings. The third-order valence-corrected chi connectivity index (χ3v) is 4.60.